The van der Waals surface area contributed by atoms with E-state index >= 15 is 0 Å². The van der Waals surface area contributed by atoms with Crippen LogP contribution in [0.4, 0.5) is 0 Å². The van der Waals surface area contributed by atoms with Gasteiger partial charge < -0.3 is 10.1 Å². The van der Waals surface area contributed by atoms with Crippen molar-refractivity contribution in [1.29, 1.82) is 0 Å². The van der Waals surface area contributed by atoms with Gasteiger partial charge in [-0.2, -0.15) is 0 Å². The summed E-state index contributed by atoms with van der Waals surface area (Å²) in [6.07, 6.45) is 0.859. The second kappa shape index (κ2) is 8.15. The number of hydrogen-bond acceptors (Lipinski definition) is 4. The second-order valence-electron chi connectivity index (χ2n) is 5.59. The Morgan fingerprint density at radius 3 is 2.21 bits per heavy atom. The predicted molar refractivity (Wildman–Crippen MR) is 75.9 cm³/mol. The van der Waals surface area contributed by atoms with Gasteiger partial charge in [0.1, 0.15) is 0 Å². The molecule has 19 heavy (non-hydrogen) atoms. The number of esters is 1. The molecule has 0 spiro atoms. The van der Waals surface area contributed by atoms with Crippen molar-refractivity contribution in [2.45, 2.75) is 59.5 Å². The molecule has 0 saturated heterocycles. The number of nitrogens with one attached hydrogen (secondary N) is 1. The van der Waals surface area contributed by atoms with Gasteiger partial charge >= 0.3 is 5.97 Å². The van der Waals surface area contributed by atoms with Gasteiger partial charge in [0.15, 0.2) is 0 Å². The lowest BCUT2D eigenvalue weighted by atomic mass is 10.0. The lowest BCUT2D eigenvalue weighted by molar-refractivity contribution is -0.145. The molecule has 5 heteroatoms. The van der Waals surface area contributed by atoms with Crippen molar-refractivity contribution < 1.29 is 14.3 Å². The van der Waals surface area contributed by atoms with Gasteiger partial charge in [-0.05, 0) is 41.0 Å². The molecular weight excluding hydrogens is 244 g/mol. The number of nitrogens with zero attached hydrogens (tertiary/aromatic N) is 1. The Hall–Kier alpha value is -1.10. The summed E-state index contributed by atoms with van der Waals surface area (Å²) in [5.74, 6) is -0.358. The summed E-state index contributed by atoms with van der Waals surface area (Å²) in [5, 5.41) is 2.96. The summed E-state index contributed by atoms with van der Waals surface area (Å²) in [7, 11) is 0. The molecule has 0 fully saturated rings. The Morgan fingerprint density at radius 1 is 1.21 bits per heavy atom. The molecule has 0 radical (unpaired) electrons. The first-order valence-electron chi connectivity index (χ1n) is 6.92. The van der Waals surface area contributed by atoms with Crippen LogP contribution in [0.1, 0.15) is 48.0 Å². The Morgan fingerprint density at radius 2 is 1.79 bits per heavy atom. The van der Waals surface area contributed by atoms with E-state index in [1.54, 1.807) is 11.8 Å². The zero-order valence-corrected chi connectivity index (χ0v) is 13.1. The fraction of sp³-hybridized carbons (Fsp3) is 0.857. The maximum Gasteiger partial charge on any atom is 0.320 e. The van der Waals surface area contributed by atoms with Crippen LogP contribution >= 0.6 is 0 Å². The van der Waals surface area contributed by atoms with E-state index in [4.69, 9.17) is 4.74 Å². The van der Waals surface area contributed by atoms with Crippen molar-refractivity contribution in [3.05, 3.63) is 0 Å². The first kappa shape index (κ1) is 17.9. The molecule has 1 amide bonds. The third-order valence-electron chi connectivity index (χ3n) is 3.08. The highest BCUT2D eigenvalue weighted by atomic mass is 16.5. The minimum absolute atomic E-state index is 0.0650. The first-order valence-corrected chi connectivity index (χ1v) is 6.92. The molecule has 0 saturated carbocycles. The van der Waals surface area contributed by atoms with Crippen molar-refractivity contribution >= 4 is 11.9 Å². The predicted octanol–water partition coefficient (Wildman–Crippen LogP) is 1.56. The smallest absolute Gasteiger partial charge is 0.320 e. The summed E-state index contributed by atoms with van der Waals surface area (Å²) < 4.78 is 4.91. The molecule has 0 atom stereocenters. The summed E-state index contributed by atoms with van der Waals surface area (Å²) in [6.45, 7) is 12.4. The van der Waals surface area contributed by atoms with Gasteiger partial charge in [-0.1, -0.05) is 6.92 Å². The van der Waals surface area contributed by atoms with Crippen molar-refractivity contribution in [2.24, 2.45) is 0 Å². The highest BCUT2D eigenvalue weighted by Gasteiger charge is 2.22. The van der Waals surface area contributed by atoms with E-state index in [9.17, 15) is 9.59 Å². The second-order valence-corrected chi connectivity index (χ2v) is 5.59. The van der Waals surface area contributed by atoms with Crippen molar-refractivity contribution in [1.82, 2.24) is 10.2 Å². The van der Waals surface area contributed by atoms with Crippen LogP contribution in [-0.2, 0) is 14.3 Å². The van der Waals surface area contributed by atoms with Crippen molar-refractivity contribution in [2.75, 3.05) is 19.7 Å². The third-order valence-corrected chi connectivity index (χ3v) is 3.08. The van der Waals surface area contributed by atoms with E-state index in [1.165, 1.54) is 0 Å². The molecule has 0 rings (SSSR count). The molecule has 0 heterocycles. The van der Waals surface area contributed by atoms with Crippen LogP contribution < -0.4 is 5.32 Å². The van der Waals surface area contributed by atoms with E-state index in [2.05, 4.69) is 5.32 Å². The maximum absolute atomic E-state index is 12.0. The van der Waals surface area contributed by atoms with Crippen LogP contribution in [0.2, 0.25) is 0 Å². The van der Waals surface area contributed by atoms with Crippen LogP contribution in [0.3, 0.4) is 0 Å². The van der Waals surface area contributed by atoms with Crippen LogP contribution in [0, 0.1) is 0 Å². The molecule has 5 nitrogen and oxygen atoms in total. The van der Waals surface area contributed by atoms with Gasteiger partial charge in [0.25, 0.3) is 0 Å². The zero-order valence-electron chi connectivity index (χ0n) is 13.1. The standard InChI is InChI=1S/C14H28N2O3/c1-7-14(5,6)15-12(17)9-16(11(3)4)10-13(18)19-8-2/h11H,7-10H2,1-6H3,(H,15,17). The topological polar surface area (TPSA) is 58.6 Å². The molecule has 0 unspecified atom stereocenters. The minimum atomic E-state index is -0.293. The number of hydrogen-bond donors (Lipinski definition) is 1. The molecule has 1 N–H and O–H groups in total. The number of carbonyl (C=O) groups excluding carboxylic acids is 2. The zero-order chi connectivity index (χ0) is 15.1. The van der Waals surface area contributed by atoms with Gasteiger partial charge in [-0.3, -0.25) is 14.5 Å². The number of rotatable bonds is 8. The van der Waals surface area contributed by atoms with Crippen molar-refractivity contribution in [3.63, 3.8) is 0 Å². The number of amides is 1. The Labute approximate surface area is 116 Å². The number of ether oxygens (including phenoxy) is 1. The molecular formula is C14H28N2O3. The molecule has 0 aromatic heterocycles. The van der Waals surface area contributed by atoms with Gasteiger partial charge in [-0.15, -0.1) is 0 Å². The minimum Gasteiger partial charge on any atom is -0.465 e. The molecule has 0 aliphatic rings. The quantitative estimate of drug-likeness (QED) is 0.681. The average Bonchev–Trinajstić information content (AvgIpc) is 2.27. The van der Waals surface area contributed by atoms with E-state index in [1.807, 2.05) is 34.6 Å². The normalized spacial score (nSPS) is 11.8. The van der Waals surface area contributed by atoms with E-state index < -0.39 is 0 Å². The van der Waals surface area contributed by atoms with Crippen molar-refractivity contribution in [3.8, 4) is 0 Å². The van der Waals surface area contributed by atoms with Gasteiger partial charge in [-0.25, -0.2) is 0 Å². The van der Waals surface area contributed by atoms with Crippen LogP contribution in [0.5, 0.6) is 0 Å². The molecule has 0 aromatic carbocycles. The fourth-order valence-corrected chi connectivity index (χ4v) is 1.48. The van der Waals surface area contributed by atoms with Crippen LogP contribution in [0.15, 0.2) is 0 Å². The Kier molecular flexibility index (Phi) is 7.68. The highest BCUT2D eigenvalue weighted by molar-refractivity contribution is 5.80. The van der Waals surface area contributed by atoms with Gasteiger partial charge in [0, 0.05) is 11.6 Å². The first-order chi connectivity index (χ1) is 8.71. The lowest BCUT2D eigenvalue weighted by Crippen LogP contribution is -2.49. The van der Waals surface area contributed by atoms with E-state index in [0.29, 0.717) is 6.61 Å². The van der Waals surface area contributed by atoms with Crippen LogP contribution in [-0.4, -0.2) is 48.1 Å². The largest absolute Gasteiger partial charge is 0.465 e. The fourth-order valence-electron chi connectivity index (χ4n) is 1.48. The molecule has 0 aromatic rings. The maximum atomic E-state index is 12.0. The third kappa shape index (κ3) is 7.82. The van der Waals surface area contributed by atoms with Crippen LogP contribution in [0.25, 0.3) is 0 Å². The molecule has 0 aliphatic carbocycles. The molecule has 0 bridgehead atoms. The Balaban J connectivity index is 4.42. The Bertz CT molecular complexity index is 301. The van der Waals surface area contributed by atoms with E-state index in [0.717, 1.165) is 6.42 Å². The monoisotopic (exact) mass is 272 g/mol. The van der Waals surface area contributed by atoms with Gasteiger partial charge in [0.2, 0.25) is 5.91 Å². The summed E-state index contributed by atoms with van der Waals surface area (Å²) in [5.41, 5.74) is -0.219. The summed E-state index contributed by atoms with van der Waals surface area (Å²) in [6, 6.07) is 0.111. The average molecular weight is 272 g/mol. The van der Waals surface area contributed by atoms with E-state index in [-0.39, 0.29) is 36.5 Å². The van der Waals surface area contributed by atoms with Gasteiger partial charge in [0.05, 0.1) is 19.7 Å². The lowest BCUT2D eigenvalue weighted by Gasteiger charge is -2.29. The number of carbonyl (C=O) groups is 2. The molecule has 0 aliphatic heterocycles. The SMILES string of the molecule is CCOC(=O)CN(CC(=O)NC(C)(C)CC)C(C)C. The summed E-state index contributed by atoms with van der Waals surface area (Å²) >= 11 is 0. The summed E-state index contributed by atoms with van der Waals surface area (Å²) in [4.78, 5) is 25.3. The molecule has 112 valence electrons. The highest BCUT2D eigenvalue weighted by Crippen LogP contribution is 2.07.